The molecule has 0 aliphatic carbocycles. The lowest BCUT2D eigenvalue weighted by molar-refractivity contribution is -0.121. The van der Waals surface area contributed by atoms with Crippen LogP contribution < -0.4 is 16.6 Å². The van der Waals surface area contributed by atoms with E-state index in [4.69, 9.17) is 0 Å². The van der Waals surface area contributed by atoms with E-state index in [1.807, 2.05) is 0 Å². The lowest BCUT2D eigenvalue weighted by atomic mass is 10.4. The van der Waals surface area contributed by atoms with Crippen molar-refractivity contribution in [2.24, 2.45) is 14.1 Å². The fourth-order valence-corrected chi connectivity index (χ4v) is 1.76. The minimum Gasteiger partial charge on any atom is -0.358 e. The first-order valence-corrected chi connectivity index (χ1v) is 5.28. The Balaban J connectivity index is 2.82. The van der Waals surface area contributed by atoms with E-state index in [9.17, 15) is 14.4 Å². The maximum atomic E-state index is 12.1. The number of likely N-dealkylation sites (N-methyl/N-ethyl adjacent to an activating group) is 1. The predicted molar refractivity (Wildman–Crippen MR) is 64.3 cm³/mol. The van der Waals surface area contributed by atoms with Crippen LogP contribution in [-0.2, 0) is 25.4 Å². The van der Waals surface area contributed by atoms with E-state index in [1.54, 1.807) is 7.05 Å². The monoisotopic (exact) mass is 251 g/mol. The largest absolute Gasteiger partial charge is 0.358 e. The summed E-state index contributed by atoms with van der Waals surface area (Å²) in [5.41, 5.74) is -0.479. The summed E-state index contributed by atoms with van der Waals surface area (Å²) in [6.07, 6.45) is 1.45. The third kappa shape index (κ3) is 1.62. The average molecular weight is 251 g/mol. The van der Waals surface area contributed by atoms with Crippen molar-refractivity contribution in [3.63, 3.8) is 0 Å². The number of aryl methyl sites for hydroxylation is 2. The third-order valence-electron chi connectivity index (χ3n) is 2.78. The number of amides is 1. The SMILES string of the molecule is CNC(=O)Cn1c(=O)c2c(ncn2C)n(C)c1=O. The molecule has 96 valence electrons. The highest BCUT2D eigenvalue weighted by molar-refractivity contribution is 5.76. The molecule has 0 bridgehead atoms. The zero-order valence-corrected chi connectivity index (χ0v) is 10.3. The molecule has 0 aliphatic heterocycles. The summed E-state index contributed by atoms with van der Waals surface area (Å²) >= 11 is 0. The van der Waals surface area contributed by atoms with Crippen LogP contribution in [0, 0.1) is 0 Å². The molecule has 0 atom stereocenters. The summed E-state index contributed by atoms with van der Waals surface area (Å²) in [6.45, 7) is -0.302. The van der Waals surface area contributed by atoms with Crippen molar-refractivity contribution in [1.29, 1.82) is 0 Å². The second-order valence-corrected chi connectivity index (χ2v) is 3.93. The highest BCUT2D eigenvalue weighted by Crippen LogP contribution is 2.02. The van der Waals surface area contributed by atoms with Gasteiger partial charge in [-0.2, -0.15) is 0 Å². The number of imidazole rings is 1. The fourth-order valence-electron chi connectivity index (χ4n) is 1.76. The highest BCUT2D eigenvalue weighted by atomic mass is 16.2. The molecule has 2 aromatic rings. The second-order valence-electron chi connectivity index (χ2n) is 3.93. The molecule has 2 aromatic heterocycles. The molecule has 18 heavy (non-hydrogen) atoms. The Kier molecular flexibility index (Phi) is 2.77. The van der Waals surface area contributed by atoms with Crippen molar-refractivity contribution in [3.05, 3.63) is 27.2 Å². The maximum Gasteiger partial charge on any atom is 0.332 e. The standard InChI is InChI=1S/C10H13N5O3/c1-11-6(16)4-15-9(17)7-8(12-5-13(7)2)14(3)10(15)18/h5H,4H2,1-3H3,(H,11,16). The van der Waals surface area contributed by atoms with Gasteiger partial charge in [0, 0.05) is 21.1 Å². The fraction of sp³-hybridized carbons (Fsp3) is 0.400. The predicted octanol–water partition coefficient (Wildman–Crippen LogP) is -1.82. The number of carbonyl (C=O) groups excluding carboxylic acids is 1. The van der Waals surface area contributed by atoms with Crippen LogP contribution in [0.3, 0.4) is 0 Å². The molecule has 0 aromatic carbocycles. The van der Waals surface area contributed by atoms with E-state index < -0.39 is 17.2 Å². The van der Waals surface area contributed by atoms with Gasteiger partial charge in [0.2, 0.25) is 5.91 Å². The lowest BCUT2D eigenvalue weighted by Gasteiger charge is -2.07. The highest BCUT2D eigenvalue weighted by Gasteiger charge is 2.16. The summed E-state index contributed by atoms with van der Waals surface area (Å²) in [5.74, 6) is -0.407. The number of rotatable bonds is 2. The van der Waals surface area contributed by atoms with Gasteiger partial charge in [0.15, 0.2) is 11.2 Å². The first-order valence-electron chi connectivity index (χ1n) is 5.28. The molecule has 2 heterocycles. The molecule has 1 amide bonds. The molecule has 2 rings (SSSR count). The van der Waals surface area contributed by atoms with Crippen molar-refractivity contribution >= 4 is 17.1 Å². The van der Waals surface area contributed by atoms with Gasteiger partial charge in [-0.05, 0) is 0 Å². The Bertz CT molecular complexity index is 736. The zero-order chi connectivity index (χ0) is 13.4. The molecule has 0 unspecified atom stereocenters. The van der Waals surface area contributed by atoms with Crippen molar-refractivity contribution in [3.8, 4) is 0 Å². The molecule has 0 radical (unpaired) electrons. The van der Waals surface area contributed by atoms with Gasteiger partial charge in [-0.25, -0.2) is 14.3 Å². The zero-order valence-electron chi connectivity index (χ0n) is 10.3. The van der Waals surface area contributed by atoms with Crippen LogP contribution in [0.25, 0.3) is 11.2 Å². The molecule has 0 fully saturated rings. The molecule has 8 nitrogen and oxygen atoms in total. The summed E-state index contributed by atoms with van der Waals surface area (Å²) < 4.78 is 3.67. The van der Waals surface area contributed by atoms with Crippen molar-refractivity contribution in [1.82, 2.24) is 24.0 Å². The summed E-state index contributed by atoms with van der Waals surface area (Å²) in [7, 11) is 4.61. The topological polar surface area (TPSA) is 90.9 Å². The van der Waals surface area contributed by atoms with Gasteiger partial charge in [-0.15, -0.1) is 0 Å². The molecule has 0 spiro atoms. The average Bonchev–Trinajstić information content (AvgIpc) is 2.74. The second kappa shape index (κ2) is 4.13. The quantitative estimate of drug-likeness (QED) is 0.680. The molecular weight excluding hydrogens is 238 g/mol. The van der Waals surface area contributed by atoms with E-state index in [-0.39, 0.29) is 6.54 Å². The Morgan fingerprint density at radius 3 is 2.67 bits per heavy atom. The van der Waals surface area contributed by atoms with Gasteiger partial charge in [0.25, 0.3) is 5.56 Å². The molecule has 1 N–H and O–H groups in total. The summed E-state index contributed by atoms with van der Waals surface area (Å²) in [4.78, 5) is 39.4. The Hall–Kier alpha value is -2.38. The molecule has 0 aliphatic rings. The van der Waals surface area contributed by atoms with Crippen LogP contribution in [0.2, 0.25) is 0 Å². The molecular formula is C10H13N5O3. The van der Waals surface area contributed by atoms with Gasteiger partial charge in [-0.1, -0.05) is 0 Å². The molecule has 8 heteroatoms. The van der Waals surface area contributed by atoms with Crippen LogP contribution in [0.1, 0.15) is 0 Å². The van der Waals surface area contributed by atoms with Gasteiger partial charge in [0.05, 0.1) is 6.33 Å². The number of hydrogen-bond donors (Lipinski definition) is 1. The van der Waals surface area contributed by atoms with Gasteiger partial charge in [0.1, 0.15) is 6.54 Å². The maximum absolute atomic E-state index is 12.1. The number of nitrogens with zero attached hydrogens (tertiary/aromatic N) is 4. The van der Waals surface area contributed by atoms with Crippen LogP contribution in [0.15, 0.2) is 15.9 Å². The van der Waals surface area contributed by atoms with Crippen molar-refractivity contribution < 1.29 is 4.79 Å². The lowest BCUT2D eigenvalue weighted by Crippen LogP contribution is -2.43. The van der Waals surface area contributed by atoms with Crippen LogP contribution in [0.5, 0.6) is 0 Å². The normalized spacial score (nSPS) is 10.8. The number of fused-ring (bicyclic) bond motifs is 1. The number of nitrogens with one attached hydrogen (secondary N) is 1. The smallest absolute Gasteiger partial charge is 0.332 e. The van der Waals surface area contributed by atoms with Gasteiger partial charge < -0.3 is 9.88 Å². The first kappa shape index (κ1) is 12.1. The Morgan fingerprint density at radius 1 is 1.39 bits per heavy atom. The summed E-state index contributed by atoms with van der Waals surface area (Å²) in [5, 5.41) is 2.37. The Labute approximate surface area is 101 Å². The van der Waals surface area contributed by atoms with Gasteiger partial charge >= 0.3 is 5.69 Å². The molecule has 0 saturated heterocycles. The minimum absolute atomic E-state index is 0.293. The van der Waals surface area contributed by atoms with Crippen LogP contribution in [0.4, 0.5) is 0 Å². The van der Waals surface area contributed by atoms with E-state index >= 15 is 0 Å². The number of carbonyl (C=O) groups is 1. The Morgan fingerprint density at radius 2 is 2.06 bits per heavy atom. The van der Waals surface area contributed by atoms with Crippen LogP contribution in [-0.4, -0.2) is 31.6 Å². The van der Waals surface area contributed by atoms with Crippen molar-refractivity contribution in [2.45, 2.75) is 6.54 Å². The summed E-state index contributed by atoms with van der Waals surface area (Å²) in [6, 6.07) is 0. The van der Waals surface area contributed by atoms with E-state index in [0.717, 1.165) is 4.57 Å². The number of hydrogen-bond acceptors (Lipinski definition) is 4. The van der Waals surface area contributed by atoms with Crippen molar-refractivity contribution in [2.75, 3.05) is 7.05 Å². The third-order valence-corrected chi connectivity index (χ3v) is 2.78. The minimum atomic E-state index is -0.560. The van der Waals surface area contributed by atoms with Crippen LogP contribution >= 0.6 is 0 Å². The van der Waals surface area contributed by atoms with Gasteiger partial charge in [-0.3, -0.25) is 14.2 Å². The molecule has 0 saturated carbocycles. The van der Waals surface area contributed by atoms with E-state index in [0.29, 0.717) is 11.2 Å². The number of aromatic nitrogens is 4. The van der Waals surface area contributed by atoms with E-state index in [2.05, 4.69) is 10.3 Å². The first-order chi connectivity index (χ1) is 8.47. The van der Waals surface area contributed by atoms with E-state index in [1.165, 1.54) is 29.6 Å².